The van der Waals surface area contributed by atoms with E-state index in [0.29, 0.717) is 5.82 Å². The molecule has 11 aromatic carbocycles. The molecule has 0 bridgehead atoms. The molecule has 15 aromatic rings. The lowest BCUT2D eigenvalue weighted by Gasteiger charge is -2.24. The lowest BCUT2D eigenvalue weighted by molar-refractivity contribution is 1.05. The number of aromatic nitrogens is 5. The lowest BCUT2D eigenvalue weighted by atomic mass is 9.92. The average Bonchev–Trinajstić information content (AvgIpc) is 4.11. The second-order valence-electron chi connectivity index (χ2n) is 18.9. The number of benzene rings is 11. The molecule has 15 rings (SSSR count). The van der Waals surface area contributed by atoms with Crippen molar-refractivity contribution >= 4 is 76.2 Å². The van der Waals surface area contributed by atoms with Crippen molar-refractivity contribution in [3.05, 3.63) is 261 Å². The molecule has 4 heterocycles. The minimum atomic E-state index is 0.692. The lowest BCUT2D eigenvalue weighted by Crippen LogP contribution is -2.10. The van der Waals surface area contributed by atoms with Crippen LogP contribution in [0, 0.1) is 0 Å². The second kappa shape index (κ2) is 16.4. The fourth-order valence-corrected chi connectivity index (χ4v) is 11.7. The highest BCUT2D eigenvalue weighted by atomic mass is 15.1. The van der Waals surface area contributed by atoms with Crippen molar-refractivity contribution in [2.45, 2.75) is 0 Å². The minimum absolute atomic E-state index is 0.692. The van der Waals surface area contributed by atoms with Gasteiger partial charge in [-0.1, -0.05) is 206 Å². The molecule has 5 nitrogen and oxygen atoms in total. The Morgan fingerprint density at radius 2 is 0.562 bits per heavy atom. The molecule has 0 N–H and O–H groups in total. The Morgan fingerprint density at radius 3 is 1.00 bits per heavy atom. The molecule has 0 amide bonds. The van der Waals surface area contributed by atoms with Crippen molar-refractivity contribution in [1.29, 1.82) is 0 Å². The number of hydrogen-bond donors (Lipinski definition) is 0. The minimum Gasteiger partial charge on any atom is -0.307 e. The molecule has 0 atom stereocenters. The molecule has 0 aliphatic heterocycles. The van der Waals surface area contributed by atoms with Gasteiger partial charge in [0.2, 0.25) is 0 Å². The zero-order chi connectivity index (χ0) is 48.0. The molecule has 0 radical (unpaired) electrons. The standard InChI is InChI=1S/C68H43N5/c1-3-21-44(22-4-1)57-43-58(70-68(69-57)45-23-5-2-6-24-45)50-40-39-47(48-25-7-8-26-49(48)50)46-41-65(71-59-33-15-9-27-51(59)52-28-10-16-34-60(52)71)67(73-63-37-19-13-31-55(63)56-32-14-20-38-64(56)73)66(42-46)72-61-35-17-11-29-53(61)54-30-12-18-36-62(54)72/h1-43H. The van der Waals surface area contributed by atoms with Crippen LogP contribution in [-0.2, 0) is 0 Å². The fourth-order valence-electron chi connectivity index (χ4n) is 11.7. The molecular formula is C68H43N5. The summed E-state index contributed by atoms with van der Waals surface area (Å²) in [7, 11) is 0. The van der Waals surface area contributed by atoms with E-state index >= 15 is 0 Å². The SMILES string of the molecule is c1ccc(-c2cc(-c3ccc(-c4cc(-n5c6ccccc6c6ccccc65)c(-n5c6ccccc6c6ccccc65)c(-n5c6ccccc6c6ccccc65)c4)c4ccccc34)nc(-c3ccccc3)n2)cc1. The van der Waals surface area contributed by atoms with Gasteiger partial charge in [0, 0.05) is 49.0 Å². The summed E-state index contributed by atoms with van der Waals surface area (Å²) < 4.78 is 7.55. The van der Waals surface area contributed by atoms with Gasteiger partial charge in [0.25, 0.3) is 0 Å². The van der Waals surface area contributed by atoms with E-state index < -0.39 is 0 Å². The van der Waals surface area contributed by atoms with Crippen LogP contribution < -0.4 is 0 Å². The van der Waals surface area contributed by atoms with E-state index in [0.717, 1.165) is 100 Å². The maximum Gasteiger partial charge on any atom is 0.160 e. The highest BCUT2D eigenvalue weighted by molar-refractivity contribution is 6.14. The van der Waals surface area contributed by atoms with E-state index in [1.807, 2.05) is 24.3 Å². The third kappa shape index (κ3) is 6.35. The van der Waals surface area contributed by atoms with E-state index in [2.05, 4.69) is 250 Å². The van der Waals surface area contributed by atoms with Crippen molar-refractivity contribution in [3.63, 3.8) is 0 Å². The van der Waals surface area contributed by atoms with Crippen molar-refractivity contribution in [2.75, 3.05) is 0 Å². The van der Waals surface area contributed by atoms with E-state index in [-0.39, 0.29) is 0 Å². The molecular weight excluding hydrogens is 887 g/mol. The summed E-state index contributed by atoms with van der Waals surface area (Å²) >= 11 is 0. The molecule has 73 heavy (non-hydrogen) atoms. The van der Waals surface area contributed by atoms with Gasteiger partial charge in [0.1, 0.15) is 0 Å². The zero-order valence-electron chi connectivity index (χ0n) is 39.6. The normalized spacial score (nSPS) is 11.8. The number of para-hydroxylation sites is 6. The molecule has 340 valence electrons. The topological polar surface area (TPSA) is 40.6 Å². The summed E-state index contributed by atoms with van der Waals surface area (Å²) in [5.74, 6) is 0.692. The molecule has 0 unspecified atom stereocenters. The molecule has 0 aliphatic rings. The van der Waals surface area contributed by atoms with Gasteiger partial charge in [-0.25, -0.2) is 9.97 Å². The van der Waals surface area contributed by atoms with Gasteiger partial charge in [-0.3, -0.25) is 0 Å². The van der Waals surface area contributed by atoms with Crippen molar-refractivity contribution in [3.8, 4) is 62.1 Å². The monoisotopic (exact) mass is 929 g/mol. The van der Waals surface area contributed by atoms with Gasteiger partial charge in [-0.05, 0) is 76.5 Å². The van der Waals surface area contributed by atoms with E-state index in [4.69, 9.17) is 9.97 Å². The van der Waals surface area contributed by atoms with Crippen LogP contribution in [0.3, 0.4) is 0 Å². The predicted molar refractivity (Wildman–Crippen MR) is 304 cm³/mol. The molecule has 0 saturated carbocycles. The van der Waals surface area contributed by atoms with Gasteiger partial charge in [0.05, 0.1) is 61.6 Å². The third-order valence-corrected chi connectivity index (χ3v) is 14.9. The maximum atomic E-state index is 5.33. The van der Waals surface area contributed by atoms with Crippen LogP contribution in [0.1, 0.15) is 0 Å². The largest absolute Gasteiger partial charge is 0.307 e. The van der Waals surface area contributed by atoms with Crippen LogP contribution in [0.5, 0.6) is 0 Å². The summed E-state index contributed by atoms with van der Waals surface area (Å²) in [5, 5.41) is 9.49. The fraction of sp³-hybridized carbons (Fsp3) is 0. The van der Waals surface area contributed by atoms with E-state index in [1.54, 1.807) is 0 Å². The molecule has 0 spiro atoms. The van der Waals surface area contributed by atoms with Crippen LogP contribution >= 0.6 is 0 Å². The van der Waals surface area contributed by atoms with Crippen LogP contribution in [-0.4, -0.2) is 23.7 Å². The van der Waals surface area contributed by atoms with Crippen molar-refractivity contribution < 1.29 is 0 Å². The average molecular weight is 930 g/mol. The Hall–Kier alpha value is -9.84. The highest BCUT2D eigenvalue weighted by Gasteiger charge is 2.27. The van der Waals surface area contributed by atoms with Gasteiger partial charge in [-0.15, -0.1) is 0 Å². The van der Waals surface area contributed by atoms with E-state index in [1.165, 1.54) is 32.3 Å². The van der Waals surface area contributed by atoms with Gasteiger partial charge in [-0.2, -0.15) is 0 Å². The van der Waals surface area contributed by atoms with Crippen LogP contribution in [0.2, 0.25) is 0 Å². The second-order valence-corrected chi connectivity index (χ2v) is 18.9. The Labute approximate surface area is 420 Å². The van der Waals surface area contributed by atoms with E-state index in [9.17, 15) is 0 Å². The zero-order valence-corrected chi connectivity index (χ0v) is 39.6. The summed E-state index contributed by atoms with van der Waals surface area (Å²) in [4.78, 5) is 10.5. The Kier molecular flexibility index (Phi) is 9.19. The summed E-state index contributed by atoms with van der Waals surface area (Å²) in [6.45, 7) is 0. The first kappa shape index (κ1) is 41.0. The maximum absolute atomic E-state index is 5.33. The summed E-state index contributed by atoms with van der Waals surface area (Å²) in [6.07, 6.45) is 0. The van der Waals surface area contributed by atoms with Crippen LogP contribution in [0.15, 0.2) is 261 Å². The van der Waals surface area contributed by atoms with Crippen LogP contribution in [0.4, 0.5) is 0 Å². The molecule has 0 aliphatic carbocycles. The predicted octanol–water partition coefficient (Wildman–Crippen LogP) is 17.6. The summed E-state index contributed by atoms with van der Waals surface area (Å²) in [5.41, 5.74) is 17.1. The van der Waals surface area contributed by atoms with Gasteiger partial charge >= 0.3 is 0 Å². The number of rotatable bonds is 7. The Bertz CT molecular complexity index is 4320. The Morgan fingerprint density at radius 1 is 0.233 bits per heavy atom. The first-order valence-corrected chi connectivity index (χ1v) is 24.9. The quantitative estimate of drug-likeness (QED) is 0.160. The van der Waals surface area contributed by atoms with Gasteiger partial charge in [0.15, 0.2) is 5.82 Å². The smallest absolute Gasteiger partial charge is 0.160 e. The Balaban J connectivity index is 1.09. The number of nitrogens with zero attached hydrogens (tertiary/aromatic N) is 5. The van der Waals surface area contributed by atoms with Crippen LogP contribution in [0.25, 0.3) is 138 Å². The first-order valence-electron chi connectivity index (χ1n) is 24.9. The molecule has 0 fully saturated rings. The van der Waals surface area contributed by atoms with Crippen molar-refractivity contribution in [1.82, 2.24) is 23.7 Å². The third-order valence-electron chi connectivity index (χ3n) is 14.9. The molecule has 5 heteroatoms. The highest BCUT2D eigenvalue weighted by Crippen LogP contribution is 2.46. The van der Waals surface area contributed by atoms with Crippen molar-refractivity contribution in [2.24, 2.45) is 0 Å². The number of hydrogen-bond acceptors (Lipinski definition) is 2. The molecule has 0 saturated heterocycles. The van der Waals surface area contributed by atoms with Gasteiger partial charge < -0.3 is 13.7 Å². The first-order chi connectivity index (χ1) is 36.2. The molecule has 4 aromatic heterocycles. The number of fused-ring (bicyclic) bond motifs is 10. The summed E-state index contributed by atoms with van der Waals surface area (Å²) in [6, 6.07) is 94.3.